The van der Waals surface area contributed by atoms with Gasteiger partial charge in [0.05, 0.1) is 111 Å². The number of aromatic nitrogens is 16. The fourth-order valence-corrected chi connectivity index (χ4v) is 18.1. The van der Waals surface area contributed by atoms with E-state index in [0.717, 1.165) is 224 Å². The van der Waals surface area contributed by atoms with E-state index in [-0.39, 0.29) is 138 Å². The summed E-state index contributed by atoms with van der Waals surface area (Å²) in [6.45, 7) is 0. The van der Waals surface area contributed by atoms with Crippen molar-refractivity contribution in [1.29, 1.82) is 0 Å². The van der Waals surface area contributed by atoms with E-state index in [0.29, 0.717) is 0 Å². The molecule has 0 radical (unpaired) electrons. The van der Waals surface area contributed by atoms with Gasteiger partial charge in [0.25, 0.3) is 0 Å². The minimum absolute atomic E-state index is 0. The van der Waals surface area contributed by atoms with Gasteiger partial charge in [0.15, 0.2) is 0 Å². The molecule has 0 atom stereocenters. The zero-order valence-electron chi connectivity index (χ0n) is 74.8. The molecule has 0 aliphatic carbocycles. The Bertz CT molecular complexity index is 8200. The molecular formula is C104H68N16Na4O12S4. The van der Waals surface area contributed by atoms with Crippen LogP contribution in [0.1, 0.15) is 91.1 Å². The van der Waals surface area contributed by atoms with Crippen LogP contribution in [0.2, 0.25) is 0 Å². The van der Waals surface area contributed by atoms with Gasteiger partial charge in [0.1, 0.15) is 40.5 Å². The molecule has 0 saturated heterocycles. The quantitative estimate of drug-likeness (QED) is 0.0519. The van der Waals surface area contributed by atoms with Crippen LogP contribution in [-0.2, 0) is 40.5 Å². The summed E-state index contributed by atoms with van der Waals surface area (Å²) in [6, 6.07) is 78.9. The Hall–Kier alpha value is -13.1. The van der Waals surface area contributed by atoms with E-state index in [2.05, 4.69) is 79.7 Å². The average molecular weight is 1950 g/mol. The van der Waals surface area contributed by atoms with Crippen LogP contribution >= 0.6 is 0 Å². The summed E-state index contributed by atoms with van der Waals surface area (Å²) in [7, 11) is -18.0. The van der Waals surface area contributed by atoms with Crippen molar-refractivity contribution in [2.75, 3.05) is 0 Å². The molecule has 12 aromatic heterocycles. The van der Waals surface area contributed by atoms with Crippen LogP contribution in [0.15, 0.2) is 287 Å². The second-order valence-electron chi connectivity index (χ2n) is 32.3. The smallest absolute Gasteiger partial charge is 0.744 e. The second-order valence-corrected chi connectivity index (χ2v) is 37.8. The summed E-state index contributed by atoms with van der Waals surface area (Å²) in [4.78, 5) is 63.4. The molecule has 4 aromatic carbocycles. The van der Waals surface area contributed by atoms with Gasteiger partial charge < -0.3 is 58.1 Å². The van der Waals surface area contributed by atoms with Crippen molar-refractivity contribution >= 4 is 226 Å². The van der Waals surface area contributed by atoms with E-state index < -0.39 is 40.5 Å². The van der Waals surface area contributed by atoms with Crippen LogP contribution in [0.25, 0.3) is 230 Å². The molecule has 0 fully saturated rings. The molecule has 36 heteroatoms. The third-order valence-electron chi connectivity index (χ3n) is 22.5. The van der Waals surface area contributed by atoms with Gasteiger partial charge in [-0.25, -0.2) is 73.5 Å². The number of nitrogens with one attached hydrogen (secondary N) is 8. The molecule has 140 heavy (non-hydrogen) atoms. The Labute approximate surface area is 888 Å². The molecular weight excluding hydrogens is 1890 g/mol. The van der Waals surface area contributed by atoms with E-state index in [4.69, 9.17) is 0 Å². The molecule has 24 rings (SSSR count). The summed E-state index contributed by atoms with van der Waals surface area (Å²) in [5.41, 5.74) is 33.7. The third-order valence-corrected chi connectivity index (χ3v) is 25.9. The number of nitrogens with zero attached hydrogens (tertiary/aromatic N) is 8. The van der Waals surface area contributed by atoms with Crippen LogP contribution in [0.5, 0.6) is 0 Å². The van der Waals surface area contributed by atoms with Gasteiger partial charge in [-0.15, -0.1) is 0 Å². The Kier molecular flexibility index (Phi) is 28.9. The van der Waals surface area contributed by atoms with Crippen molar-refractivity contribution in [3.8, 4) is 44.5 Å². The summed E-state index contributed by atoms with van der Waals surface area (Å²) < 4.78 is 136. The molecule has 0 saturated carbocycles. The predicted octanol–water partition coefficient (Wildman–Crippen LogP) is 8.92. The molecule has 16 aromatic rings. The van der Waals surface area contributed by atoms with Gasteiger partial charge in [-0.3, -0.25) is 0 Å². The molecule has 28 nitrogen and oxygen atoms in total. The zero-order chi connectivity index (χ0) is 93.1. The molecule has 0 amide bonds. The average Bonchev–Trinajstić information content (AvgIpc) is 1.67. The summed E-state index contributed by atoms with van der Waals surface area (Å²) in [5, 5.41) is 0. The molecule has 0 spiro atoms. The number of H-pyrrole nitrogens is 8. The van der Waals surface area contributed by atoms with Crippen LogP contribution < -0.4 is 118 Å². The summed E-state index contributed by atoms with van der Waals surface area (Å²) in [5.74, 6) is 0. The summed E-state index contributed by atoms with van der Waals surface area (Å²) in [6.07, 6.45) is 31.1. The molecule has 8 aliphatic rings. The predicted molar refractivity (Wildman–Crippen MR) is 529 cm³/mol. The number of hydrogen-bond donors (Lipinski definition) is 8. The molecule has 8 N–H and O–H groups in total. The first kappa shape index (κ1) is 98.5. The summed E-state index contributed by atoms with van der Waals surface area (Å²) >= 11 is 0. The van der Waals surface area contributed by atoms with Gasteiger partial charge >= 0.3 is 118 Å². The van der Waals surface area contributed by atoms with E-state index in [9.17, 15) is 51.9 Å². The van der Waals surface area contributed by atoms with E-state index >= 15 is 0 Å². The SMILES string of the molecule is O=S(=O)([O-])c1ccc(-c2cc3cc4ccc(cc5nc(cc6nc(cc2[nH]3)C=C6)C=C5)[nH]4)cc1.O=S(=O)([O-])c1ccc(-c2cc3cc4ccc(cc5nc(cc6nc(cc2[nH]3)C=C6)C=C5)[nH]4)cc1.O=S(=O)([O-])c1ccc(-c2cc3cc4ccc(cc5nc(cc6nc(cc2[nH]3)C=C6)C=C5)[nH]4)cc1.O=S(=O)([O-])c1ccc(-c2cc3cc4ccc(cc5nc(cc6nc(cc2[nH]3)C=C6)C=C5)[nH]4)cc1.[Na+].[Na+].[Na+].[Na+]. The van der Waals surface area contributed by atoms with Crippen LogP contribution in [0.4, 0.5) is 0 Å². The molecule has 32 bridgehead atoms. The molecule has 664 valence electrons. The van der Waals surface area contributed by atoms with Crippen molar-refractivity contribution in [1.82, 2.24) is 79.7 Å². The topological polar surface area (TPSA) is 458 Å². The fourth-order valence-electron chi connectivity index (χ4n) is 16.2. The minimum Gasteiger partial charge on any atom is -0.744 e. The molecule has 0 unspecified atom stereocenters. The normalized spacial score (nSPS) is 12.5. The van der Waals surface area contributed by atoms with Gasteiger partial charge in [-0.1, -0.05) is 48.5 Å². The number of aromatic amines is 8. The van der Waals surface area contributed by atoms with Crippen molar-refractivity contribution < 1.29 is 170 Å². The monoisotopic (exact) mass is 1950 g/mol. The van der Waals surface area contributed by atoms with Crippen LogP contribution in [0.3, 0.4) is 0 Å². The number of hydrogen-bond acceptors (Lipinski definition) is 20. The minimum atomic E-state index is -4.51. The maximum absolute atomic E-state index is 11.3. The van der Waals surface area contributed by atoms with Crippen molar-refractivity contribution in [2.24, 2.45) is 0 Å². The standard InChI is InChI=1S/4C26H18N4O3S.4Na/c4*31-34(32,33)24-9-1-16(2-10-24)25-14-23-13-21-6-5-19(28-21)11-17-3-4-18(27-17)12-20-7-8-22(29-20)15-26(25)30-23;;;;/h4*1-15,28,30H,(H,31,32,33);;;;/q;;;;4*+1/p-4. The van der Waals surface area contributed by atoms with Crippen LogP contribution in [-0.4, -0.2) is 132 Å². The Morgan fingerprint density at radius 2 is 0.300 bits per heavy atom. The maximum Gasteiger partial charge on any atom is 1.00 e. The number of rotatable bonds is 8. The Morgan fingerprint density at radius 3 is 0.457 bits per heavy atom. The van der Waals surface area contributed by atoms with Crippen molar-refractivity contribution in [2.45, 2.75) is 19.6 Å². The second kappa shape index (κ2) is 41.0. The van der Waals surface area contributed by atoms with Crippen molar-refractivity contribution in [3.63, 3.8) is 0 Å². The number of benzene rings is 4. The first-order valence-electron chi connectivity index (χ1n) is 42.2. The van der Waals surface area contributed by atoms with E-state index in [1.54, 1.807) is 48.5 Å². The Balaban J connectivity index is 0.000000128. The van der Waals surface area contributed by atoms with Gasteiger partial charge in [0.2, 0.25) is 0 Å². The number of fused-ring (bicyclic) bond motifs is 32. The van der Waals surface area contributed by atoms with Crippen molar-refractivity contribution in [3.05, 3.63) is 358 Å². The van der Waals surface area contributed by atoms with E-state index in [1.807, 2.05) is 267 Å². The first-order chi connectivity index (χ1) is 65.5. The fraction of sp³-hybridized carbons (Fsp3) is 0. The third kappa shape index (κ3) is 23.3. The zero-order valence-corrected chi connectivity index (χ0v) is 86.0. The van der Waals surface area contributed by atoms with E-state index in [1.165, 1.54) is 48.5 Å². The van der Waals surface area contributed by atoms with Gasteiger partial charge in [-0.2, -0.15) is 0 Å². The maximum atomic E-state index is 11.3. The molecule has 8 aliphatic heterocycles. The molecule has 20 heterocycles. The Morgan fingerprint density at radius 1 is 0.157 bits per heavy atom. The largest absolute Gasteiger partial charge is 1.00 e. The first-order valence-corrected chi connectivity index (χ1v) is 47.8. The van der Waals surface area contributed by atoms with Gasteiger partial charge in [0, 0.05) is 111 Å². The van der Waals surface area contributed by atoms with Crippen LogP contribution in [0, 0.1) is 0 Å². The van der Waals surface area contributed by atoms with Gasteiger partial charge in [-0.05, 0) is 338 Å².